The third-order valence-electron chi connectivity index (χ3n) is 5.85. The molecule has 0 unspecified atom stereocenters. The summed E-state index contributed by atoms with van der Waals surface area (Å²) in [5.74, 6) is -1.94. The summed E-state index contributed by atoms with van der Waals surface area (Å²) >= 11 is 1.31. The van der Waals surface area contributed by atoms with E-state index in [1.165, 1.54) is 27.8 Å². The Morgan fingerprint density at radius 3 is 2.61 bits per heavy atom. The Hall–Kier alpha value is -2.37. The Balaban J connectivity index is 1.70. The largest absolute Gasteiger partial charge is 0.344 e. The lowest BCUT2D eigenvalue weighted by atomic mass is 9.95. The fraction of sp³-hybridized carbons (Fsp3) is 0.500. The second-order valence-corrected chi connectivity index (χ2v) is 11.1. The number of nitrogens with zero attached hydrogens (tertiary/aromatic N) is 2. The van der Waals surface area contributed by atoms with E-state index in [4.69, 9.17) is 0 Å². The van der Waals surface area contributed by atoms with Crippen LogP contribution in [0.1, 0.15) is 38.8 Å². The van der Waals surface area contributed by atoms with Crippen LogP contribution in [0, 0.1) is 24.6 Å². The molecule has 0 saturated carbocycles. The number of rotatable bonds is 8. The van der Waals surface area contributed by atoms with Crippen molar-refractivity contribution in [1.29, 1.82) is 0 Å². The molecule has 2 aromatic rings. The lowest BCUT2D eigenvalue weighted by molar-refractivity contribution is -0.131. The molecule has 180 valence electrons. The monoisotopic (exact) mass is 496 g/mol. The lowest BCUT2D eigenvalue weighted by Gasteiger charge is -2.32. The van der Waals surface area contributed by atoms with Gasteiger partial charge in [0.15, 0.2) is 5.13 Å². The summed E-state index contributed by atoms with van der Waals surface area (Å²) in [5, 5.41) is 7.89. The number of sulfonamides is 1. The van der Waals surface area contributed by atoms with Crippen molar-refractivity contribution < 1.29 is 22.4 Å². The van der Waals surface area contributed by atoms with Crippen LogP contribution < -0.4 is 10.6 Å². The molecule has 1 saturated heterocycles. The van der Waals surface area contributed by atoms with Crippen LogP contribution in [0.4, 0.5) is 9.52 Å². The summed E-state index contributed by atoms with van der Waals surface area (Å²) in [4.78, 5) is 30.2. The normalized spacial score (nSPS) is 19.0. The number of carbonyl (C=O) groups excluding carboxylic acids is 2. The van der Waals surface area contributed by atoms with E-state index in [0.717, 1.165) is 17.8 Å². The molecule has 8 nitrogen and oxygen atoms in total. The van der Waals surface area contributed by atoms with Crippen molar-refractivity contribution in [2.75, 3.05) is 18.4 Å². The van der Waals surface area contributed by atoms with Gasteiger partial charge in [0.05, 0.1) is 16.5 Å². The average Bonchev–Trinajstić information content (AvgIpc) is 3.21. The minimum Gasteiger partial charge on any atom is -0.344 e. The number of nitrogens with one attached hydrogen (secondary N) is 2. The van der Waals surface area contributed by atoms with Gasteiger partial charge in [-0.1, -0.05) is 20.3 Å². The maximum atomic E-state index is 13.2. The van der Waals surface area contributed by atoms with Crippen molar-refractivity contribution >= 4 is 38.3 Å². The number of aryl methyl sites for hydroxylation is 1. The quantitative estimate of drug-likeness (QED) is 0.584. The molecule has 0 aliphatic carbocycles. The Morgan fingerprint density at radius 2 is 2.00 bits per heavy atom. The zero-order valence-electron chi connectivity index (χ0n) is 18.9. The molecular formula is C22H29FN4O4S2. The van der Waals surface area contributed by atoms with Gasteiger partial charge in [0.1, 0.15) is 11.9 Å². The van der Waals surface area contributed by atoms with Crippen LogP contribution >= 0.6 is 11.3 Å². The molecule has 0 spiro atoms. The summed E-state index contributed by atoms with van der Waals surface area (Å²) in [5.41, 5.74) is 0.795. The summed E-state index contributed by atoms with van der Waals surface area (Å²) in [7, 11) is -3.85. The topological polar surface area (TPSA) is 108 Å². The molecular weight excluding hydrogens is 467 g/mol. The van der Waals surface area contributed by atoms with Crippen LogP contribution in [0.3, 0.4) is 0 Å². The van der Waals surface area contributed by atoms with Crippen molar-refractivity contribution in [2.45, 2.75) is 51.0 Å². The Labute approximate surface area is 197 Å². The zero-order valence-corrected chi connectivity index (χ0v) is 20.5. The SMILES string of the molecule is CC[C@@H](C)[C@H](NC(=O)[C@H]1CCCN(S(=O)(=O)c2ccc(F)cc2)C1)C(=O)Nc1nc(C)cs1. The van der Waals surface area contributed by atoms with Crippen LogP contribution in [0.25, 0.3) is 0 Å². The van der Waals surface area contributed by atoms with Gasteiger partial charge >= 0.3 is 0 Å². The number of hydrogen-bond acceptors (Lipinski definition) is 6. The molecule has 11 heteroatoms. The maximum Gasteiger partial charge on any atom is 0.249 e. The number of piperidine rings is 1. The van der Waals surface area contributed by atoms with Crippen LogP contribution in [0.2, 0.25) is 0 Å². The van der Waals surface area contributed by atoms with Crippen LogP contribution in [0.5, 0.6) is 0 Å². The summed E-state index contributed by atoms with van der Waals surface area (Å²) in [6.45, 7) is 5.93. The van der Waals surface area contributed by atoms with Crippen molar-refractivity contribution in [1.82, 2.24) is 14.6 Å². The van der Waals surface area contributed by atoms with Gasteiger partial charge < -0.3 is 10.6 Å². The number of thiazole rings is 1. The van der Waals surface area contributed by atoms with E-state index in [-0.39, 0.29) is 35.7 Å². The van der Waals surface area contributed by atoms with E-state index in [9.17, 15) is 22.4 Å². The van der Waals surface area contributed by atoms with E-state index in [2.05, 4.69) is 15.6 Å². The van der Waals surface area contributed by atoms with Gasteiger partial charge in [0.2, 0.25) is 21.8 Å². The zero-order chi connectivity index (χ0) is 24.2. The number of halogens is 1. The summed E-state index contributed by atoms with van der Waals surface area (Å²) < 4.78 is 40.4. The lowest BCUT2D eigenvalue weighted by Crippen LogP contribution is -2.52. The van der Waals surface area contributed by atoms with Crippen LogP contribution in [-0.2, 0) is 19.6 Å². The van der Waals surface area contributed by atoms with E-state index in [1.54, 1.807) is 0 Å². The summed E-state index contributed by atoms with van der Waals surface area (Å²) in [6.07, 6.45) is 1.70. The number of carbonyl (C=O) groups is 2. The van der Waals surface area contributed by atoms with Gasteiger partial charge in [-0.15, -0.1) is 11.3 Å². The second kappa shape index (κ2) is 10.7. The third-order valence-corrected chi connectivity index (χ3v) is 8.60. The van der Waals surface area contributed by atoms with E-state index >= 15 is 0 Å². The molecule has 2 amide bonds. The number of benzene rings is 1. The standard InChI is InChI=1S/C22H29FN4O4S2/c1-4-14(2)19(21(29)26-22-24-15(3)13-32-22)25-20(28)16-6-5-11-27(12-16)33(30,31)18-9-7-17(23)8-10-18/h7-10,13-14,16,19H,4-6,11-12H2,1-3H3,(H,25,28)(H,24,26,29)/t14-,16+,19+/m1/s1. The van der Waals surface area contributed by atoms with Crippen molar-refractivity contribution in [3.8, 4) is 0 Å². The Morgan fingerprint density at radius 1 is 1.30 bits per heavy atom. The van der Waals surface area contributed by atoms with E-state index < -0.39 is 27.8 Å². The molecule has 1 aliphatic rings. The predicted molar refractivity (Wildman–Crippen MR) is 125 cm³/mol. The molecule has 0 radical (unpaired) electrons. The Bertz CT molecular complexity index is 1090. The highest BCUT2D eigenvalue weighted by Crippen LogP contribution is 2.25. The first-order valence-electron chi connectivity index (χ1n) is 10.9. The third kappa shape index (κ3) is 6.15. The molecule has 3 atom stereocenters. The first-order valence-corrected chi connectivity index (χ1v) is 13.2. The second-order valence-electron chi connectivity index (χ2n) is 8.31. The molecule has 33 heavy (non-hydrogen) atoms. The summed E-state index contributed by atoms with van der Waals surface area (Å²) in [6, 6.07) is 3.87. The highest BCUT2D eigenvalue weighted by Gasteiger charge is 2.35. The molecule has 0 bridgehead atoms. The molecule has 1 aromatic carbocycles. The minimum absolute atomic E-state index is 0.00601. The minimum atomic E-state index is -3.85. The van der Waals surface area contributed by atoms with Gasteiger partial charge in [-0.3, -0.25) is 9.59 Å². The molecule has 1 aliphatic heterocycles. The Kier molecular flexibility index (Phi) is 8.19. The number of anilines is 1. The van der Waals surface area contributed by atoms with Gasteiger partial charge in [-0.25, -0.2) is 17.8 Å². The van der Waals surface area contributed by atoms with Gasteiger partial charge in [-0.05, 0) is 49.9 Å². The van der Waals surface area contributed by atoms with E-state index in [1.807, 2.05) is 26.2 Å². The van der Waals surface area contributed by atoms with E-state index in [0.29, 0.717) is 24.4 Å². The van der Waals surface area contributed by atoms with Crippen LogP contribution in [0.15, 0.2) is 34.5 Å². The maximum absolute atomic E-state index is 13.2. The smallest absolute Gasteiger partial charge is 0.249 e. The first kappa shape index (κ1) is 25.3. The fourth-order valence-corrected chi connectivity index (χ4v) is 5.91. The van der Waals surface area contributed by atoms with Gasteiger partial charge in [0, 0.05) is 18.5 Å². The highest BCUT2D eigenvalue weighted by molar-refractivity contribution is 7.89. The fourth-order valence-electron chi connectivity index (χ4n) is 3.70. The molecule has 3 rings (SSSR count). The van der Waals surface area contributed by atoms with Gasteiger partial charge in [0.25, 0.3) is 0 Å². The first-order chi connectivity index (χ1) is 15.6. The molecule has 2 heterocycles. The van der Waals surface area contributed by atoms with Gasteiger partial charge in [-0.2, -0.15) is 4.31 Å². The van der Waals surface area contributed by atoms with Crippen molar-refractivity contribution in [3.63, 3.8) is 0 Å². The number of hydrogen-bond donors (Lipinski definition) is 2. The molecule has 2 N–H and O–H groups in total. The number of aromatic nitrogens is 1. The van der Waals surface area contributed by atoms with Crippen molar-refractivity contribution in [3.05, 3.63) is 41.2 Å². The molecule has 1 aromatic heterocycles. The molecule has 1 fully saturated rings. The van der Waals surface area contributed by atoms with Crippen LogP contribution in [-0.4, -0.2) is 48.7 Å². The average molecular weight is 497 g/mol. The highest BCUT2D eigenvalue weighted by atomic mass is 32.2. The number of amides is 2. The predicted octanol–water partition coefficient (Wildman–Crippen LogP) is 3.16. The van der Waals surface area contributed by atoms with Crippen molar-refractivity contribution in [2.24, 2.45) is 11.8 Å².